The first-order chi connectivity index (χ1) is 10.1. The van der Waals surface area contributed by atoms with Crippen molar-refractivity contribution in [1.29, 1.82) is 0 Å². The summed E-state index contributed by atoms with van der Waals surface area (Å²) in [4.78, 5) is 14.0. The molecule has 2 aromatic carbocycles. The van der Waals surface area contributed by atoms with Gasteiger partial charge in [-0.15, -0.1) is 0 Å². The molecule has 108 valence electrons. The summed E-state index contributed by atoms with van der Waals surface area (Å²) in [6.45, 7) is 0.651. The molecule has 3 nitrogen and oxygen atoms in total. The van der Waals surface area contributed by atoms with Crippen molar-refractivity contribution in [3.05, 3.63) is 70.2 Å². The molecule has 0 aliphatic carbocycles. The van der Waals surface area contributed by atoms with E-state index in [0.29, 0.717) is 17.2 Å². The predicted octanol–water partition coefficient (Wildman–Crippen LogP) is 3.60. The number of carbonyl (C=O) groups excluding carboxylic acids is 1. The van der Waals surface area contributed by atoms with E-state index in [4.69, 9.17) is 12.2 Å². The fraction of sp³-hybridized carbons (Fsp3) is 0.125. The summed E-state index contributed by atoms with van der Waals surface area (Å²) in [6.07, 6.45) is 0. The number of thiocarbonyl (C=S) groups is 1. The van der Waals surface area contributed by atoms with Gasteiger partial charge in [-0.3, -0.25) is 10.1 Å². The molecule has 0 aliphatic heterocycles. The van der Waals surface area contributed by atoms with Crippen molar-refractivity contribution in [1.82, 2.24) is 10.2 Å². The van der Waals surface area contributed by atoms with E-state index in [0.717, 1.165) is 10.0 Å². The van der Waals surface area contributed by atoms with Crippen molar-refractivity contribution in [2.45, 2.75) is 6.54 Å². The molecule has 0 saturated carbocycles. The third kappa shape index (κ3) is 4.65. The van der Waals surface area contributed by atoms with Crippen molar-refractivity contribution in [2.24, 2.45) is 0 Å². The van der Waals surface area contributed by atoms with E-state index in [1.807, 2.05) is 54.4 Å². The van der Waals surface area contributed by atoms with Crippen LogP contribution in [0.15, 0.2) is 59.1 Å². The van der Waals surface area contributed by atoms with Crippen molar-refractivity contribution in [3.63, 3.8) is 0 Å². The average molecular weight is 363 g/mol. The number of benzene rings is 2. The highest BCUT2D eigenvalue weighted by Crippen LogP contribution is 2.11. The summed E-state index contributed by atoms with van der Waals surface area (Å²) < 4.78 is 0.860. The Bertz CT molecular complexity index is 646. The van der Waals surface area contributed by atoms with Gasteiger partial charge in [0, 0.05) is 23.6 Å². The van der Waals surface area contributed by atoms with E-state index in [-0.39, 0.29) is 5.91 Å². The lowest BCUT2D eigenvalue weighted by Gasteiger charge is -2.20. The second-order valence-corrected chi connectivity index (χ2v) is 5.91. The Morgan fingerprint density at radius 2 is 1.90 bits per heavy atom. The van der Waals surface area contributed by atoms with Gasteiger partial charge in [-0.1, -0.05) is 52.3 Å². The second kappa shape index (κ2) is 7.33. The maximum atomic E-state index is 12.1. The topological polar surface area (TPSA) is 32.3 Å². The van der Waals surface area contributed by atoms with Crippen LogP contribution in [0.2, 0.25) is 0 Å². The molecule has 0 saturated heterocycles. The molecular weight excluding hydrogens is 348 g/mol. The van der Waals surface area contributed by atoms with Crippen LogP contribution in [0.3, 0.4) is 0 Å². The largest absolute Gasteiger partial charge is 0.348 e. The monoisotopic (exact) mass is 362 g/mol. The van der Waals surface area contributed by atoms with Crippen LogP contribution in [0, 0.1) is 0 Å². The fourth-order valence-corrected chi connectivity index (χ4v) is 2.38. The van der Waals surface area contributed by atoms with Gasteiger partial charge >= 0.3 is 0 Å². The quantitative estimate of drug-likeness (QED) is 0.846. The van der Waals surface area contributed by atoms with E-state index in [1.165, 1.54) is 0 Å². The molecule has 0 unspecified atom stereocenters. The van der Waals surface area contributed by atoms with Gasteiger partial charge in [-0.25, -0.2) is 0 Å². The van der Waals surface area contributed by atoms with E-state index >= 15 is 0 Å². The minimum Gasteiger partial charge on any atom is -0.348 e. The first-order valence-electron chi connectivity index (χ1n) is 6.42. The minimum atomic E-state index is -0.207. The zero-order valence-corrected chi connectivity index (χ0v) is 13.9. The Balaban J connectivity index is 1.96. The van der Waals surface area contributed by atoms with Gasteiger partial charge in [0.15, 0.2) is 5.11 Å². The summed E-state index contributed by atoms with van der Waals surface area (Å²) in [5.74, 6) is -0.207. The van der Waals surface area contributed by atoms with Gasteiger partial charge < -0.3 is 4.90 Å². The molecule has 0 aromatic heterocycles. The number of amides is 1. The van der Waals surface area contributed by atoms with Gasteiger partial charge in [-0.2, -0.15) is 0 Å². The highest BCUT2D eigenvalue weighted by molar-refractivity contribution is 9.10. The molecule has 0 heterocycles. The average Bonchev–Trinajstić information content (AvgIpc) is 2.48. The van der Waals surface area contributed by atoms with Crippen molar-refractivity contribution >= 4 is 39.2 Å². The van der Waals surface area contributed by atoms with E-state index in [1.54, 1.807) is 12.1 Å². The molecule has 2 rings (SSSR count). The lowest BCUT2D eigenvalue weighted by molar-refractivity contribution is 0.0973. The molecule has 0 atom stereocenters. The molecule has 1 amide bonds. The van der Waals surface area contributed by atoms with Crippen LogP contribution in [0.25, 0.3) is 0 Å². The summed E-state index contributed by atoms with van der Waals surface area (Å²) in [5.41, 5.74) is 1.71. The van der Waals surface area contributed by atoms with Gasteiger partial charge in [0.25, 0.3) is 5.91 Å². The van der Waals surface area contributed by atoms with Crippen LogP contribution in [0.5, 0.6) is 0 Å². The number of rotatable bonds is 3. The molecule has 0 bridgehead atoms. The van der Waals surface area contributed by atoms with Gasteiger partial charge in [0.1, 0.15) is 0 Å². The first-order valence-corrected chi connectivity index (χ1v) is 7.62. The van der Waals surface area contributed by atoms with Gasteiger partial charge in [-0.05, 0) is 36.0 Å². The molecule has 0 fully saturated rings. The fourth-order valence-electron chi connectivity index (χ4n) is 1.82. The summed E-state index contributed by atoms with van der Waals surface area (Å²) in [7, 11) is 1.86. The van der Waals surface area contributed by atoms with Gasteiger partial charge in [0.05, 0.1) is 0 Å². The molecule has 0 spiro atoms. The highest BCUT2D eigenvalue weighted by Gasteiger charge is 2.11. The normalized spacial score (nSPS) is 10.0. The summed E-state index contributed by atoms with van der Waals surface area (Å²) >= 11 is 8.61. The maximum absolute atomic E-state index is 12.1. The Labute approximate surface area is 138 Å². The molecule has 21 heavy (non-hydrogen) atoms. The minimum absolute atomic E-state index is 0.207. The second-order valence-electron chi connectivity index (χ2n) is 4.61. The first kappa shape index (κ1) is 15.7. The Morgan fingerprint density at radius 3 is 2.57 bits per heavy atom. The Kier molecular flexibility index (Phi) is 5.47. The van der Waals surface area contributed by atoms with E-state index < -0.39 is 0 Å². The van der Waals surface area contributed by atoms with Crippen LogP contribution >= 0.6 is 28.1 Å². The molecule has 0 aliphatic rings. The van der Waals surface area contributed by atoms with Crippen LogP contribution < -0.4 is 5.32 Å². The number of nitrogens with zero attached hydrogens (tertiary/aromatic N) is 1. The lowest BCUT2D eigenvalue weighted by atomic mass is 10.2. The Hall–Kier alpha value is -1.72. The molecule has 1 N–H and O–H groups in total. The third-order valence-corrected chi connectivity index (χ3v) is 3.82. The van der Waals surface area contributed by atoms with Crippen LogP contribution in [-0.4, -0.2) is 23.0 Å². The SMILES string of the molecule is CN(Cc1ccccc1)C(=S)NC(=O)c1cccc(Br)c1. The number of hydrogen-bond donors (Lipinski definition) is 1. The van der Waals surface area contributed by atoms with Crippen molar-refractivity contribution in [3.8, 4) is 0 Å². The van der Waals surface area contributed by atoms with Crippen LogP contribution in [-0.2, 0) is 6.54 Å². The number of hydrogen-bond acceptors (Lipinski definition) is 2. The highest BCUT2D eigenvalue weighted by atomic mass is 79.9. The smallest absolute Gasteiger partial charge is 0.257 e. The van der Waals surface area contributed by atoms with Gasteiger partial charge in [0.2, 0.25) is 0 Å². The zero-order chi connectivity index (χ0) is 15.2. The van der Waals surface area contributed by atoms with E-state index in [2.05, 4.69) is 21.2 Å². The number of nitrogens with one attached hydrogen (secondary N) is 1. The Morgan fingerprint density at radius 1 is 1.19 bits per heavy atom. The summed E-state index contributed by atoms with van der Waals surface area (Å²) in [6, 6.07) is 17.2. The maximum Gasteiger partial charge on any atom is 0.257 e. The predicted molar refractivity (Wildman–Crippen MR) is 92.1 cm³/mol. The molecule has 2 aromatic rings. The van der Waals surface area contributed by atoms with Crippen molar-refractivity contribution < 1.29 is 4.79 Å². The van der Waals surface area contributed by atoms with Crippen LogP contribution in [0.4, 0.5) is 0 Å². The summed E-state index contributed by atoms with van der Waals surface area (Å²) in [5, 5.41) is 3.15. The zero-order valence-electron chi connectivity index (χ0n) is 11.5. The molecule has 0 radical (unpaired) electrons. The van der Waals surface area contributed by atoms with E-state index in [9.17, 15) is 4.79 Å². The molecule has 5 heteroatoms. The standard InChI is InChI=1S/C16H15BrN2OS/c1-19(11-12-6-3-2-4-7-12)16(21)18-15(20)13-8-5-9-14(17)10-13/h2-10H,11H2,1H3,(H,18,20,21). The van der Waals surface area contributed by atoms with Crippen molar-refractivity contribution in [2.75, 3.05) is 7.05 Å². The number of carbonyl (C=O) groups is 1. The third-order valence-electron chi connectivity index (χ3n) is 2.92. The van der Waals surface area contributed by atoms with Crippen LogP contribution in [0.1, 0.15) is 15.9 Å². The molecular formula is C16H15BrN2OS. The lowest BCUT2D eigenvalue weighted by Crippen LogP contribution is -2.40. The number of halogens is 1.